The molecule has 3 nitrogen and oxygen atoms in total. The summed E-state index contributed by atoms with van der Waals surface area (Å²) in [5.41, 5.74) is 1.30. The van der Waals surface area contributed by atoms with Gasteiger partial charge >= 0.3 is 0 Å². The van der Waals surface area contributed by atoms with Crippen molar-refractivity contribution in [3.05, 3.63) is 36.7 Å². The predicted octanol–water partition coefficient (Wildman–Crippen LogP) is 2.84. The Kier molecular flexibility index (Phi) is 4.61. The van der Waals surface area contributed by atoms with Crippen LogP contribution in [0.15, 0.2) is 36.7 Å². The van der Waals surface area contributed by atoms with Crippen LogP contribution in [-0.2, 0) is 0 Å². The molecule has 0 atom stereocenters. The van der Waals surface area contributed by atoms with E-state index in [4.69, 9.17) is 0 Å². The Balaban J connectivity index is 0.00000133. The van der Waals surface area contributed by atoms with Gasteiger partial charge in [0.15, 0.2) is 0 Å². The summed E-state index contributed by atoms with van der Waals surface area (Å²) in [6, 6.07) is 9.20. The third-order valence-electron chi connectivity index (χ3n) is 3.90. The number of piperidine rings is 1. The Morgan fingerprint density at radius 2 is 2.00 bits per heavy atom. The van der Waals surface area contributed by atoms with E-state index >= 15 is 0 Å². The van der Waals surface area contributed by atoms with Gasteiger partial charge < -0.3 is 10.2 Å². The zero-order valence-electron chi connectivity index (χ0n) is 11.2. The number of aromatic nitrogens is 1. The number of hydrogen-bond acceptors (Lipinski definition) is 3. The Morgan fingerprint density at radius 3 is 2.79 bits per heavy atom. The Bertz CT molecular complexity index is 532. The second kappa shape index (κ2) is 6.22. The molecule has 19 heavy (non-hydrogen) atoms. The van der Waals surface area contributed by atoms with Crippen molar-refractivity contribution in [2.45, 2.75) is 18.9 Å². The molecule has 2 heterocycles. The maximum Gasteiger partial charge on any atom is 0.0461 e. The maximum absolute atomic E-state index is 4.26. The van der Waals surface area contributed by atoms with E-state index in [-0.39, 0.29) is 12.4 Å². The summed E-state index contributed by atoms with van der Waals surface area (Å²) in [6.07, 6.45) is 6.26. The van der Waals surface area contributed by atoms with Crippen molar-refractivity contribution >= 4 is 28.9 Å². The van der Waals surface area contributed by atoms with Crippen LogP contribution in [0, 0.1) is 0 Å². The molecule has 0 radical (unpaired) electrons. The number of nitrogens with zero attached hydrogens (tertiary/aromatic N) is 2. The van der Waals surface area contributed by atoms with E-state index < -0.39 is 0 Å². The summed E-state index contributed by atoms with van der Waals surface area (Å²) in [6.45, 7) is 2.25. The molecule has 0 spiro atoms. The van der Waals surface area contributed by atoms with Gasteiger partial charge in [-0.25, -0.2) is 0 Å². The normalized spacial score (nSPS) is 16.1. The second-order valence-corrected chi connectivity index (χ2v) is 4.97. The quantitative estimate of drug-likeness (QED) is 0.915. The molecule has 0 amide bonds. The molecule has 102 valence electrons. The van der Waals surface area contributed by atoms with Crippen LogP contribution >= 0.6 is 12.4 Å². The van der Waals surface area contributed by atoms with Gasteiger partial charge in [0.2, 0.25) is 0 Å². The van der Waals surface area contributed by atoms with E-state index in [9.17, 15) is 0 Å². The first-order valence-electron chi connectivity index (χ1n) is 6.62. The van der Waals surface area contributed by atoms with Crippen LogP contribution in [0.1, 0.15) is 12.8 Å². The number of anilines is 1. The average molecular weight is 278 g/mol. The molecule has 1 aliphatic heterocycles. The highest BCUT2D eigenvalue weighted by molar-refractivity contribution is 5.93. The predicted molar refractivity (Wildman–Crippen MR) is 83.3 cm³/mol. The summed E-state index contributed by atoms with van der Waals surface area (Å²) >= 11 is 0. The number of hydrogen-bond donors (Lipinski definition) is 1. The topological polar surface area (TPSA) is 28.2 Å². The van der Waals surface area contributed by atoms with Gasteiger partial charge in [-0.05, 0) is 43.5 Å². The van der Waals surface area contributed by atoms with E-state index in [0.717, 1.165) is 13.1 Å². The SMILES string of the molecule is CN(c1cccc2ccncc12)C1CCNCC1.Cl. The summed E-state index contributed by atoms with van der Waals surface area (Å²) in [5, 5.41) is 5.94. The zero-order valence-corrected chi connectivity index (χ0v) is 12.0. The van der Waals surface area contributed by atoms with Crippen molar-refractivity contribution in [1.82, 2.24) is 10.3 Å². The number of halogens is 1. The minimum absolute atomic E-state index is 0. The summed E-state index contributed by atoms with van der Waals surface area (Å²) in [5.74, 6) is 0. The molecule has 1 saturated heterocycles. The number of fused-ring (bicyclic) bond motifs is 1. The molecule has 4 heteroatoms. The van der Waals surface area contributed by atoms with Crippen LogP contribution in [0.4, 0.5) is 5.69 Å². The molecule has 0 saturated carbocycles. The van der Waals surface area contributed by atoms with Crippen LogP contribution in [0.3, 0.4) is 0 Å². The van der Waals surface area contributed by atoms with Gasteiger partial charge in [0, 0.05) is 36.6 Å². The smallest absolute Gasteiger partial charge is 0.0461 e. The highest BCUT2D eigenvalue weighted by Gasteiger charge is 2.19. The lowest BCUT2D eigenvalue weighted by Gasteiger charge is -2.34. The molecule has 0 aliphatic carbocycles. The molecule has 0 unspecified atom stereocenters. The van der Waals surface area contributed by atoms with Gasteiger partial charge in [-0.2, -0.15) is 0 Å². The number of pyridine rings is 1. The van der Waals surface area contributed by atoms with E-state index in [1.165, 1.54) is 29.3 Å². The van der Waals surface area contributed by atoms with Crippen LogP contribution in [0.25, 0.3) is 10.8 Å². The van der Waals surface area contributed by atoms with Crippen LogP contribution < -0.4 is 10.2 Å². The van der Waals surface area contributed by atoms with E-state index in [0.29, 0.717) is 6.04 Å². The fourth-order valence-corrected chi connectivity index (χ4v) is 2.80. The molecule has 1 aromatic carbocycles. The molecule has 1 aromatic heterocycles. The monoisotopic (exact) mass is 277 g/mol. The molecule has 0 bridgehead atoms. The van der Waals surface area contributed by atoms with Gasteiger partial charge in [0.25, 0.3) is 0 Å². The Morgan fingerprint density at radius 1 is 1.21 bits per heavy atom. The zero-order chi connectivity index (χ0) is 12.4. The van der Waals surface area contributed by atoms with Crippen LogP contribution in [-0.4, -0.2) is 31.2 Å². The van der Waals surface area contributed by atoms with Crippen LogP contribution in [0.5, 0.6) is 0 Å². The molecule has 1 fully saturated rings. The van der Waals surface area contributed by atoms with Crippen LogP contribution in [0.2, 0.25) is 0 Å². The largest absolute Gasteiger partial charge is 0.371 e. The standard InChI is InChI=1S/C15H19N3.ClH/c1-18(13-6-9-16-10-7-13)15-4-2-3-12-5-8-17-11-14(12)15;/h2-5,8,11,13,16H,6-7,9-10H2,1H3;1H. The maximum atomic E-state index is 4.26. The highest BCUT2D eigenvalue weighted by atomic mass is 35.5. The third-order valence-corrected chi connectivity index (χ3v) is 3.90. The van der Waals surface area contributed by atoms with Crippen molar-refractivity contribution in [3.63, 3.8) is 0 Å². The summed E-state index contributed by atoms with van der Waals surface area (Å²) < 4.78 is 0. The van der Waals surface area contributed by atoms with Crippen molar-refractivity contribution in [3.8, 4) is 0 Å². The lowest BCUT2D eigenvalue weighted by Crippen LogP contribution is -2.41. The van der Waals surface area contributed by atoms with Gasteiger partial charge in [0.05, 0.1) is 0 Å². The molecule has 3 rings (SSSR count). The lowest BCUT2D eigenvalue weighted by atomic mass is 10.0. The minimum Gasteiger partial charge on any atom is -0.371 e. The summed E-state index contributed by atoms with van der Waals surface area (Å²) in [4.78, 5) is 6.68. The van der Waals surface area contributed by atoms with Gasteiger partial charge in [0.1, 0.15) is 0 Å². The van der Waals surface area contributed by atoms with E-state index in [1.807, 2.05) is 12.4 Å². The Labute approximate surface area is 120 Å². The van der Waals surface area contributed by atoms with Gasteiger partial charge in [-0.3, -0.25) is 4.98 Å². The minimum atomic E-state index is 0. The first-order valence-corrected chi connectivity index (χ1v) is 6.62. The average Bonchev–Trinajstić information content (AvgIpc) is 2.47. The van der Waals surface area contributed by atoms with Crippen molar-refractivity contribution in [2.75, 3.05) is 25.0 Å². The Hall–Kier alpha value is -1.32. The van der Waals surface area contributed by atoms with Crippen molar-refractivity contribution in [2.24, 2.45) is 0 Å². The van der Waals surface area contributed by atoms with Gasteiger partial charge in [-0.15, -0.1) is 12.4 Å². The van der Waals surface area contributed by atoms with Crippen molar-refractivity contribution < 1.29 is 0 Å². The molecule has 1 aliphatic rings. The molecular weight excluding hydrogens is 258 g/mol. The lowest BCUT2D eigenvalue weighted by molar-refractivity contribution is 0.444. The molecule has 1 N–H and O–H groups in total. The third kappa shape index (κ3) is 2.82. The second-order valence-electron chi connectivity index (χ2n) is 4.97. The first-order chi connectivity index (χ1) is 8.86. The number of rotatable bonds is 2. The number of benzene rings is 1. The first kappa shape index (κ1) is 14.1. The fourth-order valence-electron chi connectivity index (χ4n) is 2.80. The molecule has 2 aromatic rings. The highest BCUT2D eigenvalue weighted by Crippen LogP contribution is 2.28. The molecular formula is C15H20ClN3. The van der Waals surface area contributed by atoms with Gasteiger partial charge in [-0.1, -0.05) is 12.1 Å². The van der Waals surface area contributed by atoms with Crippen molar-refractivity contribution in [1.29, 1.82) is 0 Å². The number of nitrogens with one attached hydrogen (secondary N) is 1. The van der Waals surface area contributed by atoms with E-state index in [2.05, 4.69) is 46.5 Å². The fraction of sp³-hybridized carbons (Fsp3) is 0.400. The summed E-state index contributed by atoms with van der Waals surface area (Å²) in [7, 11) is 2.21. The van der Waals surface area contributed by atoms with E-state index in [1.54, 1.807) is 0 Å².